The van der Waals surface area contributed by atoms with Crippen LogP contribution < -0.4 is 5.32 Å². The molecule has 0 radical (unpaired) electrons. The van der Waals surface area contributed by atoms with E-state index in [-0.39, 0.29) is 21.6 Å². The van der Waals surface area contributed by atoms with Crippen molar-refractivity contribution in [3.63, 3.8) is 0 Å². The smallest absolute Gasteiger partial charge is 0.356 e. The van der Waals surface area contributed by atoms with Crippen LogP contribution in [-0.2, 0) is 0 Å². The minimum atomic E-state index is -1.23. The molecule has 1 heterocycles. The third-order valence-electron chi connectivity index (χ3n) is 2.24. The van der Waals surface area contributed by atoms with E-state index in [4.69, 9.17) is 28.3 Å². The molecule has 0 unspecified atom stereocenters. The minimum absolute atomic E-state index is 0.0372. The van der Waals surface area contributed by atoms with Gasteiger partial charge in [-0.2, -0.15) is 0 Å². The molecule has 0 aliphatic carbocycles. The highest BCUT2D eigenvalue weighted by Crippen LogP contribution is 2.23. The highest BCUT2D eigenvalue weighted by molar-refractivity contribution is 6.33. The number of halogens is 3. The summed E-state index contributed by atoms with van der Waals surface area (Å²) in [5.41, 5.74) is 0.220. The lowest BCUT2D eigenvalue weighted by molar-refractivity contribution is 0.0691. The lowest BCUT2D eigenvalue weighted by Gasteiger charge is -2.07. The molecule has 1 aromatic heterocycles. The van der Waals surface area contributed by atoms with Crippen LogP contribution in [0.4, 0.5) is 15.9 Å². The van der Waals surface area contributed by atoms with E-state index in [2.05, 4.69) is 10.3 Å². The number of carbonyl (C=O) groups is 1. The molecule has 2 rings (SSSR count). The Morgan fingerprint density at radius 3 is 2.58 bits per heavy atom. The van der Waals surface area contributed by atoms with E-state index in [0.717, 1.165) is 0 Å². The molecular formula is C12H7Cl2FN2O2. The first-order valence-corrected chi connectivity index (χ1v) is 5.85. The van der Waals surface area contributed by atoms with Gasteiger partial charge in [0.05, 0.1) is 10.0 Å². The molecule has 0 amide bonds. The van der Waals surface area contributed by atoms with Crippen molar-refractivity contribution in [2.24, 2.45) is 0 Å². The van der Waals surface area contributed by atoms with Gasteiger partial charge in [-0.1, -0.05) is 23.2 Å². The molecule has 98 valence electrons. The number of nitrogens with one attached hydrogen (secondary N) is 1. The number of aromatic nitrogens is 1. The molecule has 0 aliphatic heterocycles. The number of benzene rings is 1. The molecule has 4 nitrogen and oxygen atoms in total. The Morgan fingerprint density at radius 2 is 1.95 bits per heavy atom. The van der Waals surface area contributed by atoms with Gasteiger partial charge in [0.15, 0.2) is 5.69 Å². The molecule has 0 atom stereocenters. The molecule has 0 saturated carbocycles. The lowest BCUT2D eigenvalue weighted by Crippen LogP contribution is -2.04. The van der Waals surface area contributed by atoms with E-state index in [1.807, 2.05) is 0 Å². The summed E-state index contributed by atoms with van der Waals surface area (Å²) in [6.45, 7) is 0. The quantitative estimate of drug-likeness (QED) is 0.900. The summed E-state index contributed by atoms with van der Waals surface area (Å²) in [5, 5.41) is 11.7. The summed E-state index contributed by atoms with van der Waals surface area (Å²) in [6.07, 6.45) is 0. The van der Waals surface area contributed by atoms with Crippen LogP contribution in [0, 0.1) is 5.82 Å². The lowest BCUT2D eigenvalue weighted by atomic mass is 10.3. The molecule has 0 bridgehead atoms. The third kappa shape index (κ3) is 3.13. The van der Waals surface area contributed by atoms with Crippen molar-refractivity contribution in [3.8, 4) is 0 Å². The zero-order valence-electron chi connectivity index (χ0n) is 9.32. The van der Waals surface area contributed by atoms with E-state index in [9.17, 15) is 9.18 Å². The zero-order chi connectivity index (χ0) is 14.0. The molecule has 0 fully saturated rings. The van der Waals surface area contributed by atoms with Crippen molar-refractivity contribution >= 4 is 40.7 Å². The van der Waals surface area contributed by atoms with Gasteiger partial charge in [-0.3, -0.25) is 0 Å². The normalized spacial score (nSPS) is 10.3. The minimum Gasteiger partial charge on any atom is -0.476 e. The first-order valence-electron chi connectivity index (χ1n) is 5.09. The number of hydrogen-bond donors (Lipinski definition) is 2. The van der Waals surface area contributed by atoms with Crippen LogP contribution in [0.5, 0.6) is 0 Å². The van der Waals surface area contributed by atoms with Crippen LogP contribution >= 0.6 is 23.2 Å². The van der Waals surface area contributed by atoms with Gasteiger partial charge in [-0.15, -0.1) is 0 Å². The second kappa shape index (κ2) is 5.42. The van der Waals surface area contributed by atoms with Crippen LogP contribution in [0.2, 0.25) is 10.0 Å². The maximum absolute atomic E-state index is 13.0. The molecule has 1 aromatic carbocycles. The van der Waals surface area contributed by atoms with Gasteiger partial charge in [0.2, 0.25) is 0 Å². The van der Waals surface area contributed by atoms with Gasteiger partial charge in [0.25, 0.3) is 0 Å². The van der Waals surface area contributed by atoms with E-state index in [1.54, 1.807) is 0 Å². The fourth-order valence-corrected chi connectivity index (χ4v) is 1.75. The fourth-order valence-electron chi connectivity index (χ4n) is 1.38. The first kappa shape index (κ1) is 13.6. The Kier molecular flexibility index (Phi) is 3.87. The molecule has 0 saturated heterocycles. The molecular weight excluding hydrogens is 294 g/mol. The van der Waals surface area contributed by atoms with Crippen LogP contribution in [0.15, 0.2) is 30.3 Å². The van der Waals surface area contributed by atoms with Gasteiger partial charge in [0.1, 0.15) is 11.6 Å². The second-order valence-electron chi connectivity index (χ2n) is 3.59. The van der Waals surface area contributed by atoms with Crippen molar-refractivity contribution in [3.05, 3.63) is 51.9 Å². The summed E-state index contributed by atoms with van der Waals surface area (Å²) in [5.74, 6) is -1.50. The standard InChI is InChI=1S/C12H7Cl2FN2O2/c13-7-2-4-10(17-11(7)12(18)19)16-6-1-3-9(15)8(14)5-6/h1-5H,(H,16,17)(H,18,19). The number of hydrogen-bond acceptors (Lipinski definition) is 3. The summed E-state index contributed by atoms with van der Waals surface area (Å²) in [7, 11) is 0. The monoisotopic (exact) mass is 300 g/mol. The average Bonchev–Trinajstić information content (AvgIpc) is 2.36. The summed E-state index contributed by atoms with van der Waals surface area (Å²) < 4.78 is 13.0. The highest BCUT2D eigenvalue weighted by atomic mass is 35.5. The van der Waals surface area contributed by atoms with Crippen LogP contribution in [0.25, 0.3) is 0 Å². The summed E-state index contributed by atoms with van der Waals surface area (Å²) in [4.78, 5) is 14.7. The Labute approximate surface area is 117 Å². The van der Waals surface area contributed by atoms with Crippen molar-refractivity contribution in [1.82, 2.24) is 4.98 Å². The van der Waals surface area contributed by atoms with E-state index >= 15 is 0 Å². The zero-order valence-corrected chi connectivity index (χ0v) is 10.8. The molecule has 0 aliphatic rings. The van der Waals surface area contributed by atoms with Gasteiger partial charge < -0.3 is 10.4 Å². The average molecular weight is 301 g/mol. The number of pyridine rings is 1. The highest BCUT2D eigenvalue weighted by Gasteiger charge is 2.11. The number of rotatable bonds is 3. The van der Waals surface area contributed by atoms with Crippen LogP contribution in [-0.4, -0.2) is 16.1 Å². The third-order valence-corrected chi connectivity index (χ3v) is 2.84. The van der Waals surface area contributed by atoms with Gasteiger partial charge in [-0.05, 0) is 30.3 Å². The second-order valence-corrected chi connectivity index (χ2v) is 4.40. The van der Waals surface area contributed by atoms with Gasteiger partial charge in [-0.25, -0.2) is 14.2 Å². The van der Waals surface area contributed by atoms with Crippen LogP contribution in [0.1, 0.15) is 10.5 Å². The number of aromatic carboxylic acids is 1. The van der Waals surface area contributed by atoms with Crippen LogP contribution in [0.3, 0.4) is 0 Å². The topological polar surface area (TPSA) is 62.2 Å². The predicted octanol–water partition coefficient (Wildman–Crippen LogP) is 3.97. The number of carboxylic acid groups (broad SMARTS) is 1. The molecule has 0 spiro atoms. The molecule has 2 aromatic rings. The maximum Gasteiger partial charge on any atom is 0.356 e. The Morgan fingerprint density at radius 1 is 1.21 bits per heavy atom. The van der Waals surface area contributed by atoms with Gasteiger partial charge >= 0.3 is 5.97 Å². The van der Waals surface area contributed by atoms with Crippen molar-refractivity contribution in [2.75, 3.05) is 5.32 Å². The summed E-state index contributed by atoms with van der Waals surface area (Å²) in [6, 6.07) is 6.93. The summed E-state index contributed by atoms with van der Waals surface area (Å²) >= 11 is 11.3. The van der Waals surface area contributed by atoms with Crippen molar-refractivity contribution in [2.45, 2.75) is 0 Å². The predicted molar refractivity (Wildman–Crippen MR) is 70.9 cm³/mol. The fraction of sp³-hybridized carbons (Fsp3) is 0. The van der Waals surface area contributed by atoms with E-state index in [1.165, 1.54) is 30.3 Å². The number of carboxylic acids is 1. The van der Waals surface area contributed by atoms with E-state index in [0.29, 0.717) is 5.69 Å². The van der Waals surface area contributed by atoms with E-state index < -0.39 is 11.8 Å². The Balaban J connectivity index is 2.30. The molecule has 7 heteroatoms. The van der Waals surface area contributed by atoms with Crippen molar-refractivity contribution < 1.29 is 14.3 Å². The molecule has 2 N–H and O–H groups in total. The van der Waals surface area contributed by atoms with Crippen molar-refractivity contribution in [1.29, 1.82) is 0 Å². The maximum atomic E-state index is 13.0. The number of anilines is 2. The molecule has 19 heavy (non-hydrogen) atoms. The largest absolute Gasteiger partial charge is 0.476 e. The Hall–Kier alpha value is -1.85. The van der Waals surface area contributed by atoms with Gasteiger partial charge in [0, 0.05) is 5.69 Å². The SMILES string of the molecule is O=C(O)c1nc(Nc2ccc(F)c(Cl)c2)ccc1Cl. The first-order chi connectivity index (χ1) is 8.97. The number of nitrogens with zero attached hydrogens (tertiary/aromatic N) is 1. The Bertz CT molecular complexity index is 650.